The van der Waals surface area contributed by atoms with Gasteiger partial charge in [0.25, 0.3) is 5.91 Å². The Bertz CT molecular complexity index is 1110. The van der Waals surface area contributed by atoms with Gasteiger partial charge in [-0.2, -0.15) is 0 Å². The Balaban J connectivity index is 1.28. The summed E-state index contributed by atoms with van der Waals surface area (Å²) in [5.74, 6) is -0.137. The van der Waals surface area contributed by atoms with Crippen LogP contribution in [-0.4, -0.2) is 63.4 Å². The normalized spacial score (nSPS) is 21.8. The highest BCUT2D eigenvalue weighted by Gasteiger charge is 2.42. The highest BCUT2D eigenvalue weighted by Crippen LogP contribution is 2.40. The molecule has 1 amide bonds. The lowest BCUT2D eigenvalue weighted by Crippen LogP contribution is -2.30. The maximum atomic E-state index is 14.2. The number of nitrogens with zero attached hydrogens (tertiary/aromatic N) is 6. The number of imidazole rings is 1. The van der Waals surface area contributed by atoms with E-state index in [1.54, 1.807) is 29.9 Å². The second-order valence-corrected chi connectivity index (χ2v) is 8.56. The summed E-state index contributed by atoms with van der Waals surface area (Å²) >= 11 is 0. The van der Waals surface area contributed by atoms with Gasteiger partial charge in [0.1, 0.15) is 11.5 Å². The van der Waals surface area contributed by atoms with Gasteiger partial charge in [0, 0.05) is 43.5 Å². The third-order valence-corrected chi connectivity index (χ3v) is 6.15. The number of fused-ring (bicyclic) bond motifs is 1. The van der Waals surface area contributed by atoms with Crippen molar-refractivity contribution in [2.75, 3.05) is 43.4 Å². The van der Waals surface area contributed by atoms with Gasteiger partial charge in [-0.3, -0.25) is 4.79 Å². The van der Waals surface area contributed by atoms with Crippen LogP contribution in [-0.2, 0) is 0 Å². The Hall–Kier alpha value is -3.07. The lowest BCUT2D eigenvalue weighted by Gasteiger charge is -2.24. The molecular weight excluding hydrogens is 385 g/mol. The number of amides is 1. The Kier molecular flexibility index (Phi) is 4.43. The van der Waals surface area contributed by atoms with Gasteiger partial charge in [-0.25, -0.2) is 19.3 Å². The summed E-state index contributed by atoms with van der Waals surface area (Å²) < 4.78 is 15.8. The molecular formula is C21H24FN7O. The van der Waals surface area contributed by atoms with Crippen molar-refractivity contribution < 1.29 is 9.18 Å². The number of hydrogen-bond donors (Lipinski definition) is 1. The van der Waals surface area contributed by atoms with Gasteiger partial charge >= 0.3 is 0 Å². The minimum atomic E-state index is -0.497. The molecule has 2 aliphatic rings. The average Bonchev–Trinajstić information content (AvgIpc) is 3.41. The molecule has 3 aromatic heterocycles. The lowest BCUT2D eigenvalue weighted by atomic mass is 9.86. The highest BCUT2D eigenvalue weighted by atomic mass is 19.1. The van der Waals surface area contributed by atoms with E-state index in [9.17, 15) is 9.18 Å². The minimum absolute atomic E-state index is 0.190. The van der Waals surface area contributed by atoms with Crippen molar-refractivity contribution in [2.45, 2.75) is 19.8 Å². The Morgan fingerprint density at radius 3 is 2.73 bits per heavy atom. The smallest absolute Gasteiger partial charge is 0.275 e. The number of nitrogens with one attached hydrogen (secondary N) is 1. The zero-order valence-corrected chi connectivity index (χ0v) is 17.1. The van der Waals surface area contributed by atoms with E-state index in [0.29, 0.717) is 16.8 Å². The molecule has 0 bridgehead atoms. The van der Waals surface area contributed by atoms with Crippen LogP contribution in [0.1, 0.15) is 29.0 Å². The third-order valence-electron chi connectivity index (χ3n) is 6.15. The summed E-state index contributed by atoms with van der Waals surface area (Å²) in [7, 11) is 2.17. The zero-order chi connectivity index (χ0) is 20.9. The van der Waals surface area contributed by atoms with E-state index in [1.165, 1.54) is 18.7 Å². The molecule has 0 saturated carbocycles. The second-order valence-electron chi connectivity index (χ2n) is 8.56. The van der Waals surface area contributed by atoms with E-state index in [-0.39, 0.29) is 11.3 Å². The molecule has 5 rings (SSSR count). The van der Waals surface area contributed by atoms with Crippen LogP contribution in [0.25, 0.3) is 5.65 Å². The topological polar surface area (TPSA) is 78.7 Å². The molecule has 2 saturated heterocycles. The number of aromatic nitrogens is 4. The van der Waals surface area contributed by atoms with E-state index in [0.717, 1.165) is 38.4 Å². The maximum absolute atomic E-state index is 14.2. The van der Waals surface area contributed by atoms with E-state index in [4.69, 9.17) is 0 Å². The number of hydrogen-bond acceptors (Lipinski definition) is 6. The van der Waals surface area contributed by atoms with Crippen molar-refractivity contribution in [3.63, 3.8) is 0 Å². The molecule has 8 nitrogen and oxygen atoms in total. The molecule has 0 aromatic carbocycles. The van der Waals surface area contributed by atoms with E-state index < -0.39 is 11.7 Å². The molecule has 30 heavy (non-hydrogen) atoms. The van der Waals surface area contributed by atoms with Crippen molar-refractivity contribution >= 4 is 23.1 Å². The van der Waals surface area contributed by atoms with E-state index in [2.05, 4.69) is 37.1 Å². The summed E-state index contributed by atoms with van der Waals surface area (Å²) in [6, 6.07) is 1.25. The number of anilines is 2. The summed E-state index contributed by atoms with van der Waals surface area (Å²) in [4.78, 5) is 30.1. The molecule has 3 aromatic rings. The summed E-state index contributed by atoms with van der Waals surface area (Å²) in [5, 5.41) is 2.68. The SMILES string of the molecule is Cc1cn2cc(NC(=O)c3cnc(N4CCC5(CCN(C)C5)C4)cn3)cc(F)c2n1. The van der Waals surface area contributed by atoms with Crippen molar-refractivity contribution in [3.8, 4) is 0 Å². The largest absolute Gasteiger partial charge is 0.355 e. The molecule has 0 aliphatic carbocycles. The molecule has 5 heterocycles. The first-order valence-electron chi connectivity index (χ1n) is 10.1. The Morgan fingerprint density at radius 1 is 1.17 bits per heavy atom. The van der Waals surface area contributed by atoms with E-state index in [1.807, 2.05) is 0 Å². The Morgan fingerprint density at radius 2 is 2.00 bits per heavy atom. The molecule has 0 radical (unpaired) electrons. The van der Waals surface area contributed by atoms with Crippen LogP contribution in [0, 0.1) is 18.2 Å². The van der Waals surface area contributed by atoms with Crippen molar-refractivity contribution in [1.82, 2.24) is 24.3 Å². The zero-order valence-electron chi connectivity index (χ0n) is 17.1. The predicted molar refractivity (Wildman–Crippen MR) is 111 cm³/mol. The number of pyridine rings is 1. The van der Waals surface area contributed by atoms with Gasteiger partial charge in [0.2, 0.25) is 0 Å². The fourth-order valence-electron chi connectivity index (χ4n) is 4.67. The first-order valence-corrected chi connectivity index (χ1v) is 10.1. The van der Waals surface area contributed by atoms with Gasteiger partial charge in [-0.05, 0) is 33.4 Å². The van der Waals surface area contributed by atoms with E-state index >= 15 is 0 Å². The number of rotatable bonds is 3. The molecule has 1 atom stereocenters. The van der Waals surface area contributed by atoms with Crippen LogP contribution in [0.3, 0.4) is 0 Å². The van der Waals surface area contributed by atoms with Crippen LogP contribution < -0.4 is 10.2 Å². The van der Waals surface area contributed by atoms with Crippen LogP contribution in [0.2, 0.25) is 0 Å². The van der Waals surface area contributed by atoms with Gasteiger partial charge in [-0.1, -0.05) is 0 Å². The van der Waals surface area contributed by atoms with Gasteiger partial charge < -0.3 is 19.5 Å². The van der Waals surface area contributed by atoms with Crippen LogP contribution in [0.5, 0.6) is 0 Å². The number of carbonyl (C=O) groups is 1. The fourth-order valence-corrected chi connectivity index (χ4v) is 4.67. The number of aryl methyl sites for hydroxylation is 1. The molecule has 2 aliphatic heterocycles. The van der Waals surface area contributed by atoms with Crippen LogP contribution >= 0.6 is 0 Å². The highest BCUT2D eigenvalue weighted by molar-refractivity contribution is 6.02. The molecule has 1 spiro atoms. The summed E-state index contributed by atoms with van der Waals surface area (Å²) in [6.07, 6.45) is 8.82. The molecule has 1 unspecified atom stereocenters. The minimum Gasteiger partial charge on any atom is -0.355 e. The van der Waals surface area contributed by atoms with Gasteiger partial charge in [-0.15, -0.1) is 0 Å². The summed E-state index contributed by atoms with van der Waals surface area (Å²) in [6.45, 7) is 5.98. The van der Waals surface area contributed by atoms with Crippen molar-refractivity contribution in [1.29, 1.82) is 0 Å². The monoisotopic (exact) mass is 409 g/mol. The maximum Gasteiger partial charge on any atom is 0.275 e. The van der Waals surface area contributed by atoms with Crippen LogP contribution in [0.15, 0.2) is 30.9 Å². The molecule has 2 fully saturated rings. The lowest BCUT2D eigenvalue weighted by molar-refractivity contribution is 0.102. The quantitative estimate of drug-likeness (QED) is 0.716. The molecule has 156 valence electrons. The molecule has 9 heteroatoms. The molecule has 1 N–H and O–H groups in total. The first-order chi connectivity index (χ1) is 14.4. The standard InChI is InChI=1S/C21H24FN7O/c1-14-10-29-11-15(7-16(22)19(29)25-14)26-20(30)17-8-24-18(9-23-17)28-6-4-21(13-28)3-5-27(2)12-21/h7-11H,3-6,12-13H2,1-2H3,(H,26,30). The van der Waals surface area contributed by atoms with Crippen molar-refractivity contribution in [3.05, 3.63) is 48.1 Å². The van der Waals surface area contributed by atoms with Gasteiger partial charge in [0.05, 0.1) is 23.8 Å². The van der Waals surface area contributed by atoms with Crippen LogP contribution in [0.4, 0.5) is 15.9 Å². The third kappa shape index (κ3) is 3.39. The summed E-state index contributed by atoms with van der Waals surface area (Å²) in [5.41, 5.74) is 1.80. The number of likely N-dealkylation sites (tertiary alicyclic amines) is 1. The van der Waals surface area contributed by atoms with Gasteiger partial charge in [0.15, 0.2) is 11.5 Å². The first kappa shape index (κ1) is 18.9. The fraction of sp³-hybridized carbons (Fsp3) is 0.429. The number of halogens is 1. The average molecular weight is 409 g/mol. The Labute approximate surface area is 173 Å². The van der Waals surface area contributed by atoms with Crippen molar-refractivity contribution in [2.24, 2.45) is 5.41 Å². The predicted octanol–water partition coefficient (Wildman–Crippen LogP) is 2.36. The number of carbonyl (C=O) groups excluding carboxylic acids is 1. The second kappa shape index (κ2) is 7.02.